The van der Waals surface area contributed by atoms with Gasteiger partial charge in [0.1, 0.15) is 0 Å². The van der Waals surface area contributed by atoms with Gasteiger partial charge >= 0.3 is 0 Å². The van der Waals surface area contributed by atoms with Crippen LogP contribution in [0.5, 0.6) is 0 Å². The Kier molecular flexibility index (Phi) is 3.23. The Hall–Kier alpha value is -0.0800. The first kappa shape index (κ1) is 9.47. The van der Waals surface area contributed by atoms with Gasteiger partial charge in [-0.15, -0.1) is 0 Å². The molecule has 2 aliphatic heterocycles. The van der Waals surface area contributed by atoms with E-state index in [9.17, 15) is 0 Å². The van der Waals surface area contributed by atoms with Gasteiger partial charge in [-0.2, -0.15) is 0 Å². The Labute approximate surface area is 81.9 Å². The van der Waals surface area contributed by atoms with Crippen molar-refractivity contribution in [3.63, 3.8) is 0 Å². The molecule has 0 aliphatic carbocycles. The molecule has 2 fully saturated rings. The van der Waals surface area contributed by atoms with E-state index in [0.29, 0.717) is 0 Å². The van der Waals surface area contributed by atoms with Crippen LogP contribution in [0.1, 0.15) is 39.0 Å². The second-order valence-electron chi connectivity index (χ2n) is 4.40. The zero-order valence-corrected chi connectivity index (χ0v) is 8.84. The van der Waals surface area contributed by atoms with Crippen LogP contribution in [0.4, 0.5) is 0 Å². The quantitative estimate of drug-likeness (QED) is 0.655. The number of likely N-dealkylation sites (tertiary alicyclic amines) is 2. The maximum absolute atomic E-state index is 2.70. The zero-order chi connectivity index (χ0) is 9.10. The average molecular weight is 182 g/mol. The summed E-state index contributed by atoms with van der Waals surface area (Å²) in [5.41, 5.74) is 0. The first-order valence-corrected chi connectivity index (χ1v) is 5.90. The first-order chi connectivity index (χ1) is 6.42. The normalized spacial score (nSPS) is 27.5. The van der Waals surface area contributed by atoms with Gasteiger partial charge in [-0.3, -0.25) is 9.80 Å². The topological polar surface area (TPSA) is 6.48 Å². The molecular weight excluding hydrogens is 160 g/mol. The van der Waals surface area contributed by atoms with Crippen LogP contribution >= 0.6 is 0 Å². The smallest absolute Gasteiger partial charge is 0.0622 e. The van der Waals surface area contributed by atoms with Gasteiger partial charge in [-0.25, -0.2) is 0 Å². The highest BCUT2D eigenvalue weighted by molar-refractivity contribution is 4.81. The second kappa shape index (κ2) is 4.43. The fourth-order valence-electron chi connectivity index (χ4n) is 2.53. The molecule has 0 bridgehead atoms. The van der Waals surface area contributed by atoms with Gasteiger partial charge in [-0.05, 0) is 38.8 Å². The molecule has 2 saturated heterocycles. The molecule has 2 rings (SSSR count). The van der Waals surface area contributed by atoms with E-state index in [1.165, 1.54) is 58.3 Å². The molecule has 0 aromatic heterocycles. The van der Waals surface area contributed by atoms with E-state index in [1.807, 2.05) is 0 Å². The molecular formula is C11H22N2. The van der Waals surface area contributed by atoms with Gasteiger partial charge in [0.15, 0.2) is 0 Å². The molecule has 0 spiro atoms. The minimum Gasteiger partial charge on any atom is -0.288 e. The van der Waals surface area contributed by atoms with Crippen molar-refractivity contribution in [1.82, 2.24) is 9.80 Å². The number of nitrogens with zero attached hydrogens (tertiary/aromatic N) is 2. The van der Waals surface area contributed by atoms with Crippen LogP contribution in [-0.4, -0.2) is 42.1 Å². The van der Waals surface area contributed by atoms with Gasteiger partial charge in [0.25, 0.3) is 0 Å². The maximum Gasteiger partial charge on any atom is 0.0622 e. The minimum absolute atomic E-state index is 0.793. The van der Waals surface area contributed by atoms with E-state index in [4.69, 9.17) is 0 Å². The fraction of sp³-hybridized carbons (Fsp3) is 1.00. The van der Waals surface area contributed by atoms with Gasteiger partial charge in [-0.1, -0.05) is 13.3 Å². The summed E-state index contributed by atoms with van der Waals surface area (Å²) in [4.78, 5) is 5.36. The van der Waals surface area contributed by atoms with Gasteiger partial charge in [0.2, 0.25) is 0 Å². The Morgan fingerprint density at radius 3 is 1.85 bits per heavy atom. The predicted octanol–water partition coefficient (Wildman–Crippen LogP) is 1.91. The molecule has 76 valence electrons. The summed E-state index contributed by atoms with van der Waals surface area (Å²) < 4.78 is 0. The van der Waals surface area contributed by atoms with Crippen molar-refractivity contribution >= 4 is 0 Å². The Bertz CT molecular complexity index is 148. The van der Waals surface area contributed by atoms with Crippen molar-refractivity contribution < 1.29 is 0 Å². The highest BCUT2D eigenvalue weighted by Crippen LogP contribution is 2.22. The van der Waals surface area contributed by atoms with Crippen LogP contribution in [0.2, 0.25) is 0 Å². The fourth-order valence-corrected chi connectivity index (χ4v) is 2.53. The lowest BCUT2D eigenvalue weighted by molar-refractivity contribution is 0.00882. The van der Waals surface area contributed by atoms with Crippen molar-refractivity contribution in [3.05, 3.63) is 0 Å². The summed E-state index contributed by atoms with van der Waals surface area (Å²) in [7, 11) is 0. The van der Waals surface area contributed by atoms with E-state index in [1.54, 1.807) is 0 Å². The van der Waals surface area contributed by atoms with Gasteiger partial charge in [0, 0.05) is 13.1 Å². The Morgan fingerprint density at radius 2 is 1.46 bits per heavy atom. The number of hydrogen-bond donors (Lipinski definition) is 0. The van der Waals surface area contributed by atoms with E-state index in [-0.39, 0.29) is 0 Å². The molecule has 0 saturated carbocycles. The minimum atomic E-state index is 0.793. The number of rotatable bonds is 4. The molecule has 13 heavy (non-hydrogen) atoms. The third-order valence-corrected chi connectivity index (χ3v) is 3.42. The summed E-state index contributed by atoms with van der Waals surface area (Å²) >= 11 is 0. The van der Waals surface area contributed by atoms with E-state index in [0.717, 1.165) is 6.17 Å². The van der Waals surface area contributed by atoms with Crippen LogP contribution in [0.15, 0.2) is 0 Å². The summed E-state index contributed by atoms with van der Waals surface area (Å²) in [5, 5.41) is 0. The molecule has 2 heterocycles. The monoisotopic (exact) mass is 182 g/mol. The van der Waals surface area contributed by atoms with Crippen LogP contribution in [0.25, 0.3) is 0 Å². The third-order valence-electron chi connectivity index (χ3n) is 3.42. The summed E-state index contributed by atoms with van der Waals surface area (Å²) in [6.45, 7) is 7.70. The molecule has 0 aromatic carbocycles. The lowest BCUT2D eigenvalue weighted by atomic mass is 10.1. The molecule has 2 heteroatoms. The predicted molar refractivity (Wildman–Crippen MR) is 55.7 cm³/mol. The largest absolute Gasteiger partial charge is 0.288 e. The van der Waals surface area contributed by atoms with Gasteiger partial charge < -0.3 is 0 Å². The average Bonchev–Trinajstić information content (AvgIpc) is 2.51. The summed E-state index contributed by atoms with van der Waals surface area (Å²) in [5.74, 6) is 0. The maximum atomic E-state index is 2.70. The summed E-state index contributed by atoms with van der Waals surface area (Å²) in [6, 6.07) is 0. The van der Waals surface area contributed by atoms with E-state index >= 15 is 0 Å². The van der Waals surface area contributed by atoms with Crippen LogP contribution in [0, 0.1) is 0 Å². The highest BCUT2D eigenvalue weighted by Gasteiger charge is 2.29. The molecule has 2 aliphatic rings. The van der Waals surface area contributed by atoms with Crippen LogP contribution in [-0.2, 0) is 0 Å². The Balaban J connectivity index is 1.86. The van der Waals surface area contributed by atoms with E-state index in [2.05, 4.69) is 16.7 Å². The number of hydrogen-bond acceptors (Lipinski definition) is 2. The Morgan fingerprint density at radius 1 is 0.923 bits per heavy atom. The van der Waals surface area contributed by atoms with Crippen molar-refractivity contribution in [3.8, 4) is 0 Å². The summed E-state index contributed by atoms with van der Waals surface area (Å²) in [6.07, 6.45) is 7.77. The second-order valence-corrected chi connectivity index (χ2v) is 4.40. The van der Waals surface area contributed by atoms with Gasteiger partial charge in [0.05, 0.1) is 6.17 Å². The molecule has 0 radical (unpaired) electrons. The lowest BCUT2D eigenvalue weighted by Gasteiger charge is -2.43. The lowest BCUT2D eigenvalue weighted by Crippen LogP contribution is -2.53. The molecule has 0 amide bonds. The molecule has 1 unspecified atom stereocenters. The van der Waals surface area contributed by atoms with Crippen molar-refractivity contribution in [2.45, 2.75) is 45.2 Å². The van der Waals surface area contributed by atoms with Crippen LogP contribution in [0.3, 0.4) is 0 Å². The molecule has 1 atom stereocenters. The van der Waals surface area contributed by atoms with Crippen LogP contribution < -0.4 is 0 Å². The van der Waals surface area contributed by atoms with Crippen molar-refractivity contribution in [2.24, 2.45) is 0 Å². The third kappa shape index (κ3) is 2.05. The first-order valence-electron chi connectivity index (χ1n) is 5.90. The highest BCUT2D eigenvalue weighted by atomic mass is 15.4. The standard InChI is InChI=1S/C11H22N2/c1-2-6-11(13-9-5-10-13)12-7-3-4-8-12/h11H,2-10H2,1H3. The molecule has 2 nitrogen and oxygen atoms in total. The SMILES string of the molecule is CCCC(N1CCCC1)N1CCC1. The van der Waals surface area contributed by atoms with E-state index < -0.39 is 0 Å². The molecule has 0 N–H and O–H groups in total. The van der Waals surface area contributed by atoms with Crippen molar-refractivity contribution in [1.29, 1.82) is 0 Å². The molecule has 0 aromatic rings. The van der Waals surface area contributed by atoms with Crippen molar-refractivity contribution in [2.75, 3.05) is 26.2 Å². The zero-order valence-electron chi connectivity index (χ0n) is 8.84.